The van der Waals surface area contributed by atoms with Crippen LogP contribution < -0.4 is 15.5 Å². The fourth-order valence-corrected chi connectivity index (χ4v) is 5.06. The molecule has 1 aromatic carbocycles. The Hall–Kier alpha value is -3.51. The van der Waals surface area contributed by atoms with Crippen LogP contribution in [0.5, 0.6) is 0 Å². The maximum atomic E-state index is 11.6. The number of anilines is 1. The molecule has 1 atom stereocenters. The molecule has 232 valence electrons. The third-order valence-electron chi connectivity index (χ3n) is 7.36. The molecule has 3 aromatic rings. The monoisotopic (exact) mass is 603 g/mol. The molecule has 0 saturated carbocycles. The van der Waals surface area contributed by atoms with Crippen LogP contribution in [0.2, 0.25) is 5.02 Å². The molecule has 1 aliphatic heterocycles. The number of rotatable bonds is 9. The van der Waals surface area contributed by atoms with E-state index in [2.05, 4.69) is 65.1 Å². The lowest BCUT2D eigenvalue weighted by atomic mass is 9.94. The average molecular weight is 604 g/mol. The highest BCUT2D eigenvalue weighted by Gasteiger charge is 2.23. The number of nitrogens with zero attached hydrogens (tertiary/aromatic N) is 5. The van der Waals surface area contributed by atoms with E-state index in [1.54, 1.807) is 13.0 Å². The van der Waals surface area contributed by atoms with Gasteiger partial charge in [-0.2, -0.15) is 0 Å². The number of ketones is 1. The molecule has 1 aliphatic rings. The molecule has 3 heterocycles. The van der Waals surface area contributed by atoms with Gasteiger partial charge in [-0.1, -0.05) is 63.2 Å². The van der Waals surface area contributed by atoms with Gasteiger partial charge >= 0.3 is 0 Å². The van der Waals surface area contributed by atoms with Crippen molar-refractivity contribution in [3.63, 3.8) is 0 Å². The van der Waals surface area contributed by atoms with Gasteiger partial charge in [0.2, 0.25) is 0 Å². The Labute approximate surface area is 264 Å². The molecule has 2 aromatic heterocycles. The van der Waals surface area contributed by atoms with Gasteiger partial charge in [0.15, 0.2) is 0 Å². The van der Waals surface area contributed by atoms with Crippen LogP contribution in [0.3, 0.4) is 0 Å². The van der Waals surface area contributed by atoms with E-state index in [0.29, 0.717) is 0 Å². The van der Waals surface area contributed by atoms with E-state index in [1.165, 1.54) is 18.4 Å². The molecule has 1 unspecified atom stereocenters. The Kier molecular flexibility index (Phi) is 16.3. The largest absolute Gasteiger partial charge is 0.374 e. The first kappa shape index (κ1) is 35.7. The number of likely N-dealkylation sites (tertiary alicyclic amines) is 1. The maximum absolute atomic E-state index is 11.6. The van der Waals surface area contributed by atoms with Crippen molar-refractivity contribution in [1.82, 2.24) is 19.9 Å². The van der Waals surface area contributed by atoms with E-state index < -0.39 is 0 Å². The topological polar surface area (TPSA) is 62.2 Å². The Balaban J connectivity index is 0.000000249. The third-order valence-corrected chi connectivity index (χ3v) is 7.61. The minimum Gasteiger partial charge on any atom is -0.374 e. The summed E-state index contributed by atoms with van der Waals surface area (Å²) in [6, 6.07) is 14.0. The first-order valence-corrected chi connectivity index (χ1v) is 15.9. The van der Waals surface area contributed by atoms with Gasteiger partial charge < -0.3 is 9.80 Å². The van der Waals surface area contributed by atoms with Crippen molar-refractivity contribution in [2.75, 3.05) is 31.1 Å². The zero-order chi connectivity index (χ0) is 31.6. The summed E-state index contributed by atoms with van der Waals surface area (Å²) in [6.45, 7) is 19.9. The maximum Gasteiger partial charge on any atom is 0.134 e. The first-order chi connectivity index (χ1) is 20.7. The Morgan fingerprint density at radius 1 is 1.07 bits per heavy atom. The Morgan fingerprint density at radius 3 is 2.33 bits per heavy atom. The third kappa shape index (κ3) is 12.3. The standard InChI is InChI=1S/C17H23N3O.C11H18N2.C8H9Cl/c1-5-7-17-16(10-18-14(4)19-17)12(2)20-9-6-8-15(11-20)13(3)21;1-3-9-13(10-4-2)11-7-5-6-8-12-11;1-2-7-3-5-8(9)6-4-7/h5,7,10,15H,1,6,8-9,11H2,2-4H3;5-8H,3-4,9-10H2,1-2H3;3-6H,2H2,1H3/b16-12+,17-7+;;. The van der Waals surface area contributed by atoms with Crippen LogP contribution >= 0.6 is 11.6 Å². The summed E-state index contributed by atoms with van der Waals surface area (Å²) < 4.78 is 0. The quantitative estimate of drug-likeness (QED) is 0.268. The number of Topliss-reactive ketones (excluding diaryl/α,β-unsaturated/α-hetero) is 1. The number of carbonyl (C=O) groups excluding carboxylic acids is 1. The summed E-state index contributed by atoms with van der Waals surface area (Å²) in [4.78, 5) is 29.4. The van der Waals surface area contributed by atoms with Crippen LogP contribution in [0.15, 0.2) is 67.5 Å². The van der Waals surface area contributed by atoms with Gasteiger partial charge in [-0.05, 0) is 88.8 Å². The molecule has 1 fully saturated rings. The molecule has 7 heteroatoms. The number of pyridine rings is 1. The molecular formula is C36H50ClN5O. The highest BCUT2D eigenvalue weighted by molar-refractivity contribution is 6.30. The minimum atomic E-state index is 0.145. The molecule has 1 saturated heterocycles. The van der Waals surface area contributed by atoms with Crippen molar-refractivity contribution in [3.05, 3.63) is 94.5 Å². The molecule has 0 bridgehead atoms. The van der Waals surface area contributed by atoms with E-state index >= 15 is 0 Å². The van der Waals surface area contributed by atoms with E-state index in [1.807, 2.05) is 61.8 Å². The lowest BCUT2D eigenvalue weighted by Gasteiger charge is -2.33. The zero-order valence-corrected chi connectivity index (χ0v) is 27.8. The number of benzene rings is 1. The molecule has 0 amide bonds. The zero-order valence-electron chi connectivity index (χ0n) is 27.0. The molecule has 6 nitrogen and oxygen atoms in total. The van der Waals surface area contributed by atoms with Gasteiger partial charge in [0.25, 0.3) is 0 Å². The van der Waals surface area contributed by atoms with E-state index in [4.69, 9.17) is 11.6 Å². The highest BCUT2D eigenvalue weighted by atomic mass is 35.5. The van der Waals surface area contributed by atoms with Gasteiger partial charge in [0.1, 0.15) is 17.4 Å². The molecule has 43 heavy (non-hydrogen) atoms. The molecule has 0 radical (unpaired) electrons. The van der Waals surface area contributed by atoms with E-state index in [-0.39, 0.29) is 11.7 Å². The van der Waals surface area contributed by atoms with Gasteiger partial charge in [-0.3, -0.25) is 4.79 Å². The van der Waals surface area contributed by atoms with Crippen molar-refractivity contribution >= 4 is 35.0 Å². The molecule has 0 spiro atoms. The molecule has 0 aliphatic carbocycles. The van der Waals surface area contributed by atoms with Crippen molar-refractivity contribution in [2.24, 2.45) is 5.92 Å². The number of hydrogen-bond donors (Lipinski definition) is 0. The first-order valence-electron chi connectivity index (χ1n) is 15.5. The van der Waals surface area contributed by atoms with Gasteiger partial charge in [0.05, 0.1) is 5.35 Å². The second-order valence-corrected chi connectivity index (χ2v) is 11.2. The van der Waals surface area contributed by atoms with Gasteiger partial charge in [-0.25, -0.2) is 15.0 Å². The van der Waals surface area contributed by atoms with Crippen LogP contribution in [0, 0.1) is 12.8 Å². The fraction of sp³-hybridized carbons (Fsp3) is 0.444. The lowest BCUT2D eigenvalue weighted by Crippen LogP contribution is -2.41. The van der Waals surface area contributed by atoms with E-state index in [9.17, 15) is 4.79 Å². The van der Waals surface area contributed by atoms with Crippen molar-refractivity contribution in [3.8, 4) is 0 Å². The van der Waals surface area contributed by atoms with Crippen LogP contribution in [-0.4, -0.2) is 51.8 Å². The number of carbonyl (C=O) groups is 1. The minimum absolute atomic E-state index is 0.145. The second kappa shape index (κ2) is 19.6. The number of halogens is 1. The number of hydrogen-bond acceptors (Lipinski definition) is 6. The summed E-state index contributed by atoms with van der Waals surface area (Å²) in [5.41, 5.74) is 2.47. The lowest BCUT2D eigenvalue weighted by molar-refractivity contribution is -0.121. The second-order valence-electron chi connectivity index (χ2n) is 10.8. The van der Waals surface area contributed by atoms with Crippen LogP contribution in [-0.2, 0) is 11.2 Å². The van der Waals surface area contributed by atoms with Crippen molar-refractivity contribution in [1.29, 1.82) is 0 Å². The molecular weight excluding hydrogens is 554 g/mol. The van der Waals surface area contributed by atoms with E-state index in [0.717, 1.165) is 78.4 Å². The Bertz CT molecular complexity index is 1370. The summed E-state index contributed by atoms with van der Waals surface area (Å²) in [5, 5.41) is 2.72. The van der Waals surface area contributed by atoms with Gasteiger partial charge in [0, 0.05) is 60.4 Å². The van der Waals surface area contributed by atoms with Crippen LogP contribution in [0.1, 0.15) is 71.7 Å². The normalized spacial score (nSPS) is 15.4. The Morgan fingerprint density at radius 2 is 1.77 bits per heavy atom. The van der Waals surface area contributed by atoms with Crippen LogP contribution in [0.25, 0.3) is 11.8 Å². The average Bonchev–Trinajstić information content (AvgIpc) is 3.02. The van der Waals surface area contributed by atoms with Crippen LogP contribution in [0.4, 0.5) is 5.82 Å². The summed E-state index contributed by atoms with van der Waals surface area (Å²) in [7, 11) is 0. The smallest absolute Gasteiger partial charge is 0.134 e. The molecule has 0 N–H and O–H groups in total. The number of allylic oxidation sites excluding steroid dienone is 1. The molecule has 4 rings (SSSR count). The number of aryl methyl sites for hydroxylation is 2. The van der Waals surface area contributed by atoms with Crippen molar-refractivity contribution < 1.29 is 4.79 Å². The number of aromatic nitrogens is 3. The highest BCUT2D eigenvalue weighted by Crippen LogP contribution is 2.20. The van der Waals surface area contributed by atoms with Gasteiger partial charge in [-0.15, -0.1) is 0 Å². The number of piperidine rings is 1. The fourth-order valence-electron chi connectivity index (χ4n) is 4.93. The summed E-state index contributed by atoms with van der Waals surface area (Å²) in [5.74, 6) is 2.28. The predicted molar refractivity (Wildman–Crippen MR) is 183 cm³/mol. The summed E-state index contributed by atoms with van der Waals surface area (Å²) in [6.07, 6.45) is 12.8. The predicted octanol–water partition coefficient (Wildman–Crippen LogP) is 6.79. The van der Waals surface area contributed by atoms with Crippen molar-refractivity contribution in [2.45, 2.75) is 73.6 Å². The summed E-state index contributed by atoms with van der Waals surface area (Å²) >= 11 is 5.67. The SMILES string of the molecule is C=C/C=c1/nc(C)nc/c1=C(/C)N1CCCC(C(C)=O)C1.CCCN(CCC)c1ccccn1.CCc1ccc(Cl)cc1.